The van der Waals surface area contributed by atoms with Crippen LogP contribution in [0.4, 0.5) is 10.1 Å². The van der Waals surface area contributed by atoms with Crippen molar-refractivity contribution in [3.63, 3.8) is 0 Å². The first-order chi connectivity index (χ1) is 13.6. The summed E-state index contributed by atoms with van der Waals surface area (Å²) in [6, 6.07) is 22.4. The van der Waals surface area contributed by atoms with Crippen LogP contribution in [0.15, 0.2) is 83.8 Å². The van der Waals surface area contributed by atoms with E-state index < -0.39 is 5.82 Å². The van der Waals surface area contributed by atoms with E-state index in [2.05, 4.69) is 10.6 Å². The SMILES string of the molecule is O=C(CSc1ccccc1)NCc1cccc(NC(=O)c2cccc(F)c2)c1. The molecule has 3 aromatic carbocycles. The smallest absolute Gasteiger partial charge is 0.255 e. The van der Waals surface area contributed by atoms with E-state index in [1.165, 1.54) is 30.0 Å². The van der Waals surface area contributed by atoms with Crippen LogP contribution in [0, 0.1) is 5.82 Å². The zero-order valence-electron chi connectivity index (χ0n) is 15.0. The minimum absolute atomic E-state index is 0.0666. The number of thioether (sulfide) groups is 1. The predicted molar refractivity (Wildman–Crippen MR) is 110 cm³/mol. The molecule has 0 unspecified atom stereocenters. The van der Waals surface area contributed by atoms with Gasteiger partial charge in [0, 0.05) is 22.7 Å². The number of rotatable bonds is 7. The molecule has 142 valence electrons. The van der Waals surface area contributed by atoms with Crippen molar-refractivity contribution in [2.24, 2.45) is 0 Å². The highest BCUT2D eigenvalue weighted by atomic mass is 32.2. The number of carbonyl (C=O) groups excluding carboxylic acids is 2. The molecule has 0 heterocycles. The first-order valence-electron chi connectivity index (χ1n) is 8.70. The molecule has 2 amide bonds. The number of nitrogens with one attached hydrogen (secondary N) is 2. The number of anilines is 1. The van der Waals surface area contributed by atoms with Crippen molar-refractivity contribution in [3.8, 4) is 0 Å². The Hall–Kier alpha value is -3.12. The van der Waals surface area contributed by atoms with Crippen LogP contribution in [0.3, 0.4) is 0 Å². The van der Waals surface area contributed by atoms with Gasteiger partial charge in [-0.3, -0.25) is 9.59 Å². The predicted octanol–water partition coefficient (Wildman–Crippen LogP) is 4.49. The summed E-state index contributed by atoms with van der Waals surface area (Å²) < 4.78 is 13.3. The normalized spacial score (nSPS) is 10.3. The van der Waals surface area contributed by atoms with Crippen LogP contribution in [0.5, 0.6) is 0 Å². The van der Waals surface area contributed by atoms with Crippen molar-refractivity contribution in [2.75, 3.05) is 11.1 Å². The van der Waals surface area contributed by atoms with Gasteiger partial charge in [-0.15, -0.1) is 11.8 Å². The summed E-state index contributed by atoms with van der Waals surface area (Å²) in [4.78, 5) is 25.3. The molecule has 0 radical (unpaired) electrons. The van der Waals surface area contributed by atoms with Crippen molar-refractivity contribution in [2.45, 2.75) is 11.4 Å². The van der Waals surface area contributed by atoms with E-state index in [1.54, 1.807) is 24.3 Å². The molecule has 0 aliphatic carbocycles. The van der Waals surface area contributed by atoms with Crippen molar-refractivity contribution in [1.82, 2.24) is 5.32 Å². The molecule has 0 aliphatic rings. The van der Waals surface area contributed by atoms with Crippen molar-refractivity contribution < 1.29 is 14.0 Å². The number of benzene rings is 3. The molecule has 0 bridgehead atoms. The lowest BCUT2D eigenvalue weighted by Gasteiger charge is -2.09. The molecule has 0 aromatic heterocycles. The van der Waals surface area contributed by atoms with Crippen LogP contribution in [0.25, 0.3) is 0 Å². The third-order valence-electron chi connectivity index (χ3n) is 3.87. The van der Waals surface area contributed by atoms with Crippen molar-refractivity contribution in [3.05, 3.63) is 95.8 Å². The van der Waals surface area contributed by atoms with Gasteiger partial charge in [0.1, 0.15) is 5.82 Å². The van der Waals surface area contributed by atoms with Gasteiger partial charge in [-0.2, -0.15) is 0 Å². The highest BCUT2D eigenvalue weighted by Gasteiger charge is 2.08. The summed E-state index contributed by atoms with van der Waals surface area (Å²) >= 11 is 1.47. The van der Waals surface area contributed by atoms with Crippen LogP contribution in [0.2, 0.25) is 0 Å². The second-order valence-corrected chi connectivity index (χ2v) is 7.09. The Kier molecular flexibility index (Phi) is 6.81. The molecular formula is C22H19FN2O2S. The molecule has 0 fully saturated rings. The van der Waals surface area contributed by atoms with Crippen LogP contribution in [-0.4, -0.2) is 17.6 Å². The lowest BCUT2D eigenvalue weighted by molar-refractivity contribution is -0.118. The summed E-state index contributed by atoms with van der Waals surface area (Å²) in [5.41, 5.74) is 1.69. The minimum Gasteiger partial charge on any atom is -0.351 e. The van der Waals surface area contributed by atoms with E-state index in [4.69, 9.17) is 0 Å². The molecule has 2 N–H and O–H groups in total. The molecule has 0 spiro atoms. The van der Waals surface area contributed by atoms with E-state index in [0.717, 1.165) is 10.5 Å². The Bertz CT molecular complexity index is 964. The maximum atomic E-state index is 13.3. The molecule has 0 saturated carbocycles. The first kappa shape index (κ1) is 19.6. The Morgan fingerprint density at radius 1 is 0.893 bits per heavy atom. The van der Waals surface area contributed by atoms with E-state index in [0.29, 0.717) is 18.0 Å². The standard InChI is InChI=1S/C22H19FN2O2S/c23-18-8-5-7-17(13-18)22(27)25-19-9-4-6-16(12-19)14-24-21(26)15-28-20-10-2-1-3-11-20/h1-13H,14-15H2,(H,24,26)(H,25,27). The number of hydrogen-bond acceptors (Lipinski definition) is 3. The third kappa shape index (κ3) is 5.96. The number of halogens is 1. The lowest BCUT2D eigenvalue weighted by atomic mass is 10.1. The zero-order valence-corrected chi connectivity index (χ0v) is 15.8. The Balaban J connectivity index is 1.51. The fraction of sp³-hybridized carbons (Fsp3) is 0.0909. The van der Waals surface area contributed by atoms with E-state index in [9.17, 15) is 14.0 Å². The third-order valence-corrected chi connectivity index (χ3v) is 4.89. The molecular weight excluding hydrogens is 375 g/mol. The molecule has 3 aromatic rings. The highest BCUT2D eigenvalue weighted by Crippen LogP contribution is 2.17. The summed E-state index contributed by atoms with van der Waals surface area (Å²) in [6.07, 6.45) is 0. The van der Waals surface area contributed by atoms with Gasteiger partial charge < -0.3 is 10.6 Å². The fourth-order valence-electron chi connectivity index (χ4n) is 2.51. The summed E-state index contributed by atoms with van der Waals surface area (Å²) in [6.45, 7) is 0.359. The average molecular weight is 394 g/mol. The van der Waals surface area contributed by atoms with Crippen LogP contribution < -0.4 is 10.6 Å². The molecule has 4 nitrogen and oxygen atoms in total. The summed E-state index contributed by atoms with van der Waals surface area (Å²) in [7, 11) is 0. The van der Waals surface area contributed by atoms with E-state index >= 15 is 0 Å². The molecule has 28 heavy (non-hydrogen) atoms. The number of hydrogen-bond donors (Lipinski definition) is 2. The molecule has 0 aliphatic heterocycles. The summed E-state index contributed by atoms with van der Waals surface area (Å²) in [5, 5.41) is 5.60. The summed E-state index contributed by atoms with van der Waals surface area (Å²) in [5.74, 6) is -0.583. The first-order valence-corrected chi connectivity index (χ1v) is 9.69. The van der Waals surface area contributed by atoms with Gasteiger partial charge in [0.25, 0.3) is 5.91 Å². The monoisotopic (exact) mass is 394 g/mol. The lowest BCUT2D eigenvalue weighted by Crippen LogP contribution is -2.24. The average Bonchev–Trinajstić information content (AvgIpc) is 2.72. The number of carbonyl (C=O) groups is 2. The highest BCUT2D eigenvalue weighted by molar-refractivity contribution is 8.00. The quantitative estimate of drug-likeness (QED) is 0.581. The Morgan fingerprint density at radius 2 is 1.68 bits per heavy atom. The maximum Gasteiger partial charge on any atom is 0.255 e. The molecule has 3 rings (SSSR count). The topological polar surface area (TPSA) is 58.2 Å². The molecule has 0 saturated heterocycles. The van der Waals surface area contributed by atoms with Gasteiger partial charge in [-0.1, -0.05) is 36.4 Å². The van der Waals surface area contributed by atoms with Gasteiger partial charge >= 0.3 is 0 Å². The van der Waals surface area contributed by atoms with Crippen LogP contribution in [0.1, 0.15) is 15.9 Å². The Labute approximate surface area is 167 Å². The van der Waals surface area contributed by atoms with E-state index in [1.807, 2.05) is 36.4 Å². The number of amides is 2. The molecule has 6 heteroatoms. The van der Waals surface area contributed by atoms with Gasteiger partial charge in [-0.05, 0) is 48.0 Å². The van der Waals surface area contributed by atoms with Gasteiger partial charge in [0.05, 0.1) is 5.75 Å². The van der Waals surface area contributed by atoms with Crippen LogP contribution in [-0.2, 0) is 11.3 Å². The second kappa shape index (κ2) is 9.71. The molecule has 0 atom stereocenters. The Morgan fingerprint density at radius 3 is 2.46 bits per heavy atom. The zero-order chi connectivity index (χ0) is 19.8. The van der Waals surface area contributed by atoms with Crippen molar-refractivity contribution >= 4 is 29.3 Å². The largest absolute Gasteiger partial charge is 0.351 e. The van der Waals surface area contributed by atoms with Gasteiger partial charge in [0.15, 0.2) is 0 Å². The second-order valence-electron chi connectivity index (χ2n) is 6.04. The fourth-order valence-corrected chi connectivity index (χ4v) is 3.26. The van der Waals surface area contributed by atoms with Gasteiger partial charge in [0.2, 0.25) is 5.91 Å². The maximum absolute atomic E-state index is 13.3. The van der Waals surface area contributed by atoms with Crippen molar-refractivity contribution in [1.29, 1.82) is 0 Å². The van der Waals surface area contributed by atoms with Crippen LogP contribution >= 0.6 is 11.8 Å². The minimum atomic E-state index is -0.461. The van der Waals surface area contributed by atoms with E-state index in [-0.39, 0.29) is 17.4 Å². The van der Waals surface area contributed by atoms with Gasteiger partial charge in [-0.25, -0.2) is 4.39 Å².